The molecule has 0 N–H and O–H groups in total. The highest BCUT2D eigenvalue weighted by Gasteiger charge is 2.08. The summed E-state index contributed by atoms with van der Waals surface area (Å²) in [4.78, 5) is 13.7. The molecule has 0 aliphatic carbocycles. The SMILES string of the molecule is CN(CCn1cccn1)C(=O)CCc1ccc(F)cc1. The number of carbonyl (C=O) groups excluding carboxylic acids is 1. The van der Waals surface area contributed by atoms with E-state index in [9.17, 15) is 9.18 Å². The van der Waals surface area contributed by atoms with Crippen LogP contribution in [0.15, 0.2) is 42.7 Å². The number of nitrogens with zero attached hydrogens (tertiary/aromatic N) is 3. The predicted molar refractivity (Wildman–Crippen MR) is 74.6 cm³/mol. The molecule has 2 aromatic rings. The number of halogens is 1. The molecule has 0 spiro atoms. The maximum Gasteiger partial charge on any atom is 0.222 e. The molecule has 5 heteroatoms. The Balaban J connectivity index is 1.74. The average molecular weight is 275 g/mol. The molecular formula is C15H18FN3O. The Kier molecular flexibility index (Phi) is 4.87. The fraction of sp³-hybridized carbons (Fsp3) is 0.333. The summed E-state index contributed by atoms with van der Waals surface area (Å²) in [5.74, 6) is -0.169. The summed E-state index contributed by atoms with van der Waals surface area (Å²) < 4.78 is 14.6. The van der Waals surface area contributed by atoms with Gasteiger partial charge in [0.1, 0.15) is 5.82 Å². The van der Waals surface area contributed by atoms with E-state index in [-0.39, 0.29) is 11.7 Å². The standard InChI is InChI=1S/C15H18FN3O/c1-18(11-12-19-10-2-9-17-19)15(20)8-5-13-3-6-14(16)7-4-13/h2-4,6-7,9-10H,5,8,11-12H2,1H3. The molecule has 0 unspecified atom stereocenters. The highest BCUT2D eigenvalue weighted by Crippen LogP contribution is 2.06. The van der Waals surface area contributed by atoms with Gasteiger partial charge in [-0.25, -0.2) is 4.39 Å². The summed E-state index contributed by atoms with van der Waals surface area (Å²) in [6, 6.07) is 8.12. The number of hydrogen-bond acceptors (Lipinski definition) is 2. The van der Waals surface area contributed by atoms with Gasteiger partial charge in [-0.15, -0.1) is 0 Å². The van der Waals surface area contributed by atoms with Gasteiger partial charge in [-0.1, -0.05) is 12.1 Å². The van der Waals surface area contributed by atoms with Gasteiger partial charge in [0.15, 0.2) is 0 Å². The zero-order valence-corrected chi connectivity index (χ0v) is 11.5. The molecule has 1 aromatic carbocycles. The van der Waals surface area contributed by atoms with E-state index in [1.54, 1.807) is 35.0 Å². The van der Waals surface area contributed by atoms with E-state index in [2.05, 4.69) is 5.10 Å². The zero-order chi connectivity index (χ0) is 14.4. The molecule has 4 nitrogen and oxygen atoms in total. The summed E-state index contributed by atoms with van der Waals surface area (Å²) in [6.07, 6.45) is 4.65. The average Bonchev–Trinajstić information content (AvgIpc) is 2.97. The van der Waals surface area contributed by atoms with Crippen molar-refractivity contribution in [2.24, 2.45) is 0 Å². The molecule has 2 rings (SSSR count). The van der Waals surface area contributed by atoms with Crippen LogP contribution in [0.4, 0.5) is 4.39 Å². The Morgan fingerprint density at radius 3 is 2.75 bits per heavy atom. The van der Waals surface area contributed by atoms with Crippen LogP contribution >= 0.6 is 0 Å². The van der Waals surface area contributed by atoms with Crippen molar-refractivity contribution in [2.45, 2.75) is 19.4 Å². The van der Waals surface area contributed by atoms with Crippen LogP contribution in [0.1, 0.15) is 12.0 Å². The monoisotopic (exact) mass is 275 g/mol. The summed E-state index contributed by atoms with van der Waals surface area (Å²) >= 11 is 0. The normalized spacial score (nSPS) is 10.5. The second-order valence-corrected chi connectivity index (χ2v) is 4.71. The van der Waals surface area contributed by atoms with Crippen molar-refractivity contribution in [3.8, 4) is 0 Å². The topological polar surface area (TPSA) is 38.1 Å². The van der Waals surface area contributed by atoms with Crippen molar-refractivity contribution >= 4 is 5.91 Å². The fourth-order valence-corrected chi connectivity index (χ4v) is 1.90. The first-order valence-electron chi connectivity index (χ1n) is 6.61. The molecule has 106 valence electrons. The lowest BCUT2D eigenvalue weighted by Crippen LogP contribution is -2.30. The highest BCUT2D eigenvalue weighted by molar-refractivity contribution is 5.76. The van der Waals surface area contributed by atoms with Crippen LogP contribution in [0.3, 0.4) is 0 Å². The minimum Gasteiger partial charge on any atom is -0.344 e. The number of likely N-dealkylation sites (N-methyl/N-ethyl adjacent to an activating group) is 1. The third kappa shape index (κ3) is 4.19. The Labute approximate surface area is 117 Å². The molecule has 1 amide bonds. The smallest absolute Gasteiger partial charge is 0.222 e. The van der Waals surface area contributed by atoms with Crippen molar-refractivity contribution in [1.82, 2.24) is 14.7 Å². The first-order chi connectivity index (χ1) is 9.65. The molecule has 0 radical (unpaired) electrons. The van der Waals surface area contributed by atoms with Crippen LogP contribution in [0, 0.1) is 5.82 Å². The molecule has 0 fully saturated rings. The molecule has 0 saturated carbocycles. The number of rotatable bonds is 6. The van der Waals surface area contributed by atoms with E-state index >= 15 is 0 Å². The fourth-order valence-electron chi connectivity index (χ4n) is 1.90. The van der Waals surface area contributed by atoms with Gasteiger partial charge in [0, 0.05) is 32.4 Å². The summed E-state index contributed by atoms with van der Waals surface area (Å²) in [6.45, 7) is 1.32. The van der Waals surface area contributed by atoms with Crippen LogP contribution in [-0.4, -0.2) is 34.2 Å². The molecule has 0 aliphatic heterocycles. The molecular weight excluding hydrogens is 257 g/mol. The second kappa shape index (κ2) is 6.84. The number of amides is 1. The van der Waals surface area contributed by atoms with E-state index in [0.717, 1.165) is 5.56 Å². The van der Waals surface area contributed by atoms with Gasteiger partial charge in [-0.2, -0.15) is 5.10 Å². The first kappa shape index (κ1) is 14.2. The van der Waals surface area contributed by atoms with Gasteiger partial charge in [0.2, 0.25) is 5.91 Å². The quantitative estimate of drug-likeness (QED) is 0.810. The van der Waals surface area contributed by atoms with Crippen molar-refractivity contribution in [3.63, 3.8) is 0 Å². The number of aryl methyl sites for hydroxylation is 1. The Morgan fingerprint density at radius 1 is 1.35 bits per heavy atom. The van der Waals surface area contributed by atoms with Gasteiger partial charge in [0.25, 0.3) is 0 Å². The Bertz CT molecular complexity index is 537. The lowest BCUT2D eigenvalue weighted by Gasteiger charge is -2.17. The lowest BCUT2D eigenvalue weighted by atomic mass is 10.1. The van der Waals surface area contributed by atoms with Crippen molar-refractivity contribution in [2.75, 3.05) is 13.6 Å². The highest BCUT2D eigenvalue weighted by atomic mass is 19.1. The van der Waals surface area contributed by atoms with Crippen molar-refractivity contribution in [1.29, 1.82) is 0 Å². The zero-order valence-electron chi connectivity index (χ0n) is 11.5. The maximum absolute atomic E-state index is 12.8. The third-order valence-electron chi connectivity index (χ3n) is 3.19. The maximum atomic E-state index is 12.8. The van der Waals surface area contributed by atoms with E-state index < -0.39 is 0 Å². The van der Waals surface area contributed by atoms with Crippen LogP contribution in [0.25, 0.3) is 0 Å². The summed E-state index contributed by atoms with van der Waals surface area (Å²) in [7, 11) is 1.79. The molecule has 0 aliphatic rings. The number of hydrogen-bond donors (Lipinski definition) is 0. The van der Waals surface area contributed by atoms with Crippen LogP contribution in [-0.2, 0) is 17.8 Å². The van der Waals surface area contributed by atoms with Gasteiger partial charge in [0.05, 0.1) is 6.54 Å². The summed E-state index contributed by atoms with van der Waals surface area (Å²) in [5, 5.41) is 4.09. The molecule has 20 heavy (non-hydrogen) atoms. The van der Waals surface area contributed by atoms with Crippen LogP contribution < -0.4 is 0 Å². The molecule has 1 heterocycles. The van der Waals surface area contributed by atoms with Crippen LogP contribution in [0.5, 0.6) is 0 Å². The third-order valence-corrected chi connectivity index (χ3v) is 3.19. The van der Waals surface area contributed by atoms with E-state index in [1.165, 1.54) is 12.1 Å². The number of aromatic nitrogens is 2. The Morgan fingerprint density at radius 2 is 2.10 bits per heavy atom. The molecule has 0 saturated heterocycles. The number of benzene rings is 1. The van der Waals surface area contributed by atoms with Crippen molar-refractivity contribution in [3.05, 3.63) is 54.1 Å². The van der Waals surface area contributed by atoms with E-state index in [0.29, 0.717) is 25.9 Å². The van der Waals surface area contributed by atoms with Crippen LogP contribution in [0.2, 0.25) is 0 Å². The molecule has 0 atom stereocenters. The minimum absolute atomic E-state index is 0.0847. The Hall–Kier alpha value is -2.17. The largest absolute Gasteiger partial charge is 0.344 e. The van der Waals surface area contributed by atoms with E-state index in [1.807, 2.05) is 12.3 Å². The van der Waals surface area contributed by atoms with E-state index in [4.69, 9.17) is 0 Å². The first-order valence-corrected chi connectivity index (χ1v) is 6.61. The number of carbonyl (C=O) groups is 1. The lowest BCUT2D eigenvalue weighted by molar-refractivity contribution is -0.130. The molecule has 0 bridgehead atoms. The van der Waals surface area contributed by atoms with Gasteiger partial charge in [-0.05, 0) is 30.2 Å². The second-order valence-electron chi connectivity index (χ2n) is 4.71. The van der Waals surface area contributed by atoms with Gasteiger partial charge < -0.3 is 4.90 Å². The van der Waals surface area contributed by atoms with Gasteiger partial charge in [-0.3, -0.25) is 9.48 Å². The van der Waals surface area contributed by atoms with Gasteiger partial charge >= 0.3 is 0 Å². The predicted octanol–water partition coefficient (Wildman–Crippen LogP) is 2.11. The summed E-state index contributed by atoms with van der Waals surface area (Å²) in [5.41, 5.74) is 0.972. The molecule has 1 aromatic heterocycles. The van der Waals surface area contributed by atoms with Crippen molar-refractivity contribution < 1.29 is 9.18 Å². The minimum atomic E-state index is -0.253.